The van der Waals surface area contributed by atoms with Crippen LogP contribution in [0.1, 0.15) is 56.4 Å². The summed E-state index contributed by atoms with van der Waals surface area (Å²) < 4.78 is 12.8. The van der Waals surface area contributed by atoms with Crippen LogP contribution in [-0.4, -0.2) is 32.0 Å². The summed E-state index contributed by atoms with van der Waals surface area (Å²) >= 11 is 0. The van der Waals surface area contributed by atoms with Gasteiger partial charge in [-0.3, -0.25) is 4.68 Å². The molecular formula is C20H26N4O3. The first-order valence-electron chi connectivity index (χ1n) is 9.23. The Kier molecular flexibility index (Phi) is 5.30. The summed E-state index contributed by atoms with van der Waals surface area (Å²) in [6.07, 6.45) is 4.58. The summed E-state index contributed by atoms with van der Waals surface area (Å²) in [5, 5.41) is 8.98. The zero-order valence-corrected chi connectivity index (χ0v) is 16.5. The van der Waals surface area contributed by atoms with E-state index >= 15 is 0 Å². The molecule has 0 saturated heterocycles. The van der Waals surface area contributed by atoms with E-state index in [2.05, 4.69) is 36.0 Å². The van der Waals surface area contributed by atoms with Crippen molar-refractivity contribution < 1.29 is 14.1 Å². The van der Waals surface area contributed by atoms with Crippen LogP contribution in [0.2, 0.25) is 0 Å². The van der Waals surface area contributed by atoms with E-state index in [-0.39, 0.29) is 11.5 Å². The first-order chi connectivity index (χ1) is 12.8. The molecule has 0 radical (unpaired) electrons. The molecule has 0 saturated carbocycles. The molecule has 27 heavy (non-hydrogen) atoms. The average molecular weight is 370 g/mol. The summed E-state index contributed by atoms with van der Waals surface area (Å²) in [6, 6.07) is 3.62. The van der Waals surface area contributed by atoms with Gasteiger partial charge in [-0.25, -0.2) is 9.78 Å². The highest BCUT2D eigenvalue weighted by Crippen LogP contribution is 2.29. The van der Waals surface area contributed by atoms with Gasteiger partial charge in [-0.2, -0.15) is 5.10 Å². The minimum Gasteiger partial charge on any atom is -0.457 e. The molecule has 1 atom stereocenters. The second-order valence-electron chi connectivity index (χ2n) is 8.01. The molecule has 0 aliphatic heterocycles. The maximum Gasteiger partial charge on any atom is 0.339 e. The van der Waals surface area contributed by atoms with Gasteiger partial charge in [0.2, 0.25) is 0 Å². The lowest BCUT2D eigenvalue weighted by atomic mass is 9.89. The van der Waals surface area contributed by atoms with E-state index < -0.39 is 5.97 Å². The van der Waals surface area contributed by atoms with Crippen molar-refractivity contribution in [3.63, 3.8) is 0 Å². The minimum absolute atomic E-state index is 0.00178. The molecule has 0 aliphatic rings. The molecule has 0 amide bonds. The smallest absolute Gasteiger partial charge is 0.339 e. The number of hydrogen-bond acceptors (Lipinski definition) is 6. The summed E-state index contributed by atoms with van der Waals surface area (Å²) in [7, 11) is 0. The number of aromatic nitrogens is 4. The Bertz CT molecular complexity index is 923. The van der Waals surface area contributed by atoms with E-state index in [0.29, 0.717) is 36.0 Å². The number of rotatable bonds is 6. The zero-order valence-electron chi connectivity index (χ0n) is 16.5. The second-order valence-corrected chi connectivity index (χ2v) is 8.01. The monoisotopic (exact) mass is 370 g/mol. The van der Waals surface area contributed by atoms with Gasteiger partial charge in [-0.05, 0) is 37.3 Å². The quantitative estimate of drug-likeness (QED) is 0.614. The molecule has 0 bridgehead atoms. The number of esters is 1. The van der Waals surface area contributed by atoms with Crippen LogP contribution in [0.3, 0.4) is 0 Å². The third kappa shape index (κ3) is 4.53. The number of pyridine rings is 1. The average Bonchev–Trinajstić information content (AvgIpc) is 3.22. The van der Waals surface area contributed by atoms with Gasteiger partial charge in [0.05, 0.1) is 23.2 Å². The molecule has 0 N–H and O–H groups in total. The standard InChI is InChI=1S/C20H26N4O3/c1-6-14-10-15(19(25)26-13(2)12-24-9-7-8-21-24)17-16(11-20(3,4)5)23-27-18(17)22-14/h7-10,13H,6,11-12H2,1-5H3/t13-/m0/s1. The van der Waals surface area contributed by atoms with Crippen molar-refractivity contribution in [1.82, 2.24) is 19.9 Å². The van der Waals surface area contributed by atoms with Crippen LogP contribution in [0.15, 0.2) is 29.0 Å². The second kappa shape index (κ2) is 7.50. The maximum atomic E-state index is 12.9. The van der Waals surface area contributed by atoms with Crippen molar-refractivity contribution in [2.24, 2.45) is 5.41 Å². The van der Waals surface area contributed by atoms with Gasteiger partial charge in [-0.1, -0.05) is 32.9 Å². The molecule has 3 aromatic rings. The molecule has 7 nitrogen and oxygen atoms in total. The Morgan fingerprint density at radius 2 is 2.15 bits per heavy atom. The van der Waals surface area contributed by atoms with Crippen LogP contribution in [0.25, 0.3) is 11.1 Å². The van der Waals surface area contributed by atoms with Crippen molar-refractivity contribution in [2.75, 3.05) is 0 Å². The fraction of sp³-hybridized carbons (Fsp3) is 0.500. The number of aryl methyl sites for hydroxylation is 1. The molecule has 0 aromatic carbocycles. The van der Waals surface area contributed by atoms with Gasteiger partial charge in [0, 0.05) is 18.1 Å². The molecule has 144 valence electrons. The molecule has 3 aromatic heterocycles. The fourth-order valence-electron chi connectivity index (χ4n) is 2.98. The van der Waals surface area contributed by atoms with Crippen LogP contribution < -0.4 is 0 Å². The highest BCUT2D eigenvalue weighted by atomic mass is 16.5. The Hall–Kier alpha value is -2.70. The number of carbonyl (C=O) groups excluding carboxylic acids is 1. The first-order valence-corrected chi connectivity index (χ1v) is 9.23. The van der Waals surface area contributed by atoms with E-state index in [0.717, 1.165) is 11.4 Å². The number of fused-ring (bicyclic) bond motifs is 1. The van der Waals surface area contributed by atoms with E-state index in [1.54, 1.807) is 16.9 Å². The molecule has 7 heteroatoms. The molecule has 0 fully saturated rings. The third-order valence-electron chi connectivity index (χ3n) is 4.16. The molecule has 0 unspecified atom stereocenters. The SMILES string of the molecule is CCc1cc(C(=O)O[C@@H](C)Cn2cccn2)c2c(CC(C)(C)C)noc2n1. The van der Waals surface area contributed by atoms with Crippen molar-refractivity contribution >= 4 is 17.1 Å². The van der Waals surface area contributed by atoms with Gasteiger partial charge < -0.3 is 9.26 Å². The summed E-state index contributed by atoms with van der Waals surface area (Å²) in [4.78, 5) is 17.4. The topological polar surface area (TPSA) is 83.0 Å². The van der Waals surface area contributed by atoms with Crippen molar-refractivity contribution in [3.05, 3.63) is 41.5 Å². The number of ether oxygens (including phenoxy) is 1. The Morgan fingerprint density at radius 3 is 2.78 bits per heavy atom. The zero-order chi connectivity index (χ0) is 19.6. The first kappa shape index (κ1) is 19.1. The van der Waals surface area contributed by atoms with E-state index in [1.807, 2.05) is 26.1 Å². The summed E-state index contributed by atoms with van der Waals surface area (Å²) in [6.45, 7) is 10.7. The fourth-order valence-corrected chi connectivity index (χ4v) is 2.98. The lowest BCUT2D eigenvalue weighted by Crippen LogP contribution is -2.21. The highest BCUT2D eigenvalue weighted by Gasteiger charge is 2.25. The lowest BCUT2D eigenvalue weighted by molar-refractivity contribution is 0.0301. The Morgan fingerprint density at radius 1 is 1.37 bits per heavy atom. The lowest BCUT2D eigenvalue weighted by Gasteiger charge is -2.17. The largest absolute Gasteiger partial charge is 0.457 e. The number of carbonyl (C=O) groups is 1. The minimum atomic E-state index is -0.393. The molecule has 0 spiro atoms. The maximum absolute atomic E-state index is 12.9. The van der Waals surface area contributed by atoms with Gasteiger partial charge in [0.1, 0.15) is 6.10 Å². The number of nitrogens with zero attached hydrogens (tertiary/aromatic N) is 4. The molecular weight excluding hydrogens is 344 g/mol. The summed E-state index contributed by atoms with van der Waals surface area (Å²) in [5.74, 6) is -0.393. The van der Waals surface area contributed by atoms with Crippen molar-refractivity contribution in [1.29, 1.82) is 0 Å². The van der Waals surface area contributed by atoms with Crippen LogP contribution in [0.5, 0.6) is 0 Å². The van der Waals surface area contributed by atoms with Crippen molar-refractivity contribution in [2.45, 2.75) is 60.1 Å². The molecule has 3 rings (SSSR count). The third-order valence-corrected chi connectivity index (χ3v) is 4.16. The van der Waals surface area contributed by atoms with E-state index in [4.69, 9.17) is 9.26 Å². The van der Waals surface area contributed by atoms with E-state index in [9.17, 15) is 4.79 Å². The van der Waals surface area contributed by atoms with Crippen LogP contribution >= 0.6 is 0 Å². The Balaban J connectivity index is 1.92. The van der Waals surface area contributed by atoms with Gasteiger partial charge in [0.25, 0.3) is 5.71 Å². The summed E-state index contributed by atoms with van der Waals surface area (Å²) in [5.41, 5.74) is 2.36. The van der Waals surface area contributed by atoms with Crippen LogP contribution in [0, 0.1) is 5.41 Å². The normalized spacial score (nSPS) is 13.1. The van der Waals surface area contributed by atoms with Crippen LogP contribution in [0.4, 0.5) is 0 Å². The van der Waals surface area contributed by atoms with Gasteiger partial charge >= 0.3 is 5.97 Å². The van der Waals surface area contributed by atoms with E-state index in [1.165, 1.54) is 0 Å². The van der Waals surface area contributed by atoms with Gasteiger partial charge in [0.15, 0.2) is 0 Å². The highest BCUT2D eigenvalue weighted by molar-refractivity contribution is 6.03. The predicted molar refractivity (Wildman–Crippen MR) is 101 cm³/mol. The van der Waals surface area contributed by atoms with Crippen molar-refractivity contribution in [3.8, 4) is 0 Å². The van der Waals surface area contributed by atoms with Crippen LogP contribution in [-0.2, 0) is 24.1 Å². The van der Waals surface area contributed by atoms with Gasteiger partial charge in [-0.15, -0.1) is 0 Å². The molecule has 3 heterocycles. The Labute approximate surface area is 158 Å². The number of hydrogen-bond donors (Lipinski definition) is 0. The predicted octanol–water partition coefficient (Wildman–Crippen LogP) is 3.82. The molecule has 0 aliphatic carbocycles.